The summed E-state index contributed by atoms with van der Waals surface area (Å²) in [5.41, 5.74) is 1.64. The molecule has 1 aromatic carbocycles. The summed E-state index contributed by atoms with van der Waals surface area (Å²) in [5.74, 6) is -0.414. The van der Waals surface area contributed by atoms with Gasteiger partial charge in [-0.3, -0.25) is 0 Å². The Balaban J connectivity index is 0.00000147. The van der Waals surface area contributed by atoms with Crippen LogP contribution in [0.3, 0.4) is 0 Å². The summed E-state index contributed by atoms with van der Waals surface area (Å²) in [4.78, 5) is 4.57. The van der Waals surface area contributed by atoms with E-state index in [2.05, 4.69) is 10.3 Å². The molecule has 0 saturated carbocycles. The van der Waals surface area contributed by atoms with Gasteiger partial charge < -0.3 is 10.1 Å². The van der Waals surface area contributed by atoms with Gasteiger partial charge >= 0.3 is 0 Å². The van der Waals surface area contributed by atoms with Gasteiger partial charge in [0.25, 0.3) is 0 Å². The molecule has 1 aliphatic heterocycles. The minimum atomic E-state index is -0.414. The lowest BCUT2D eigenvalue weighted by molar-refractivity contribution is 0.0768. The zero-order valence-corrected chi connectivity index (χ0v) is 12.8. The number of hydrogen-bond acceptors (Lipinski definition) is 4. The summed E-state index contributed by atoms with van der Waals surface area (Å²) in [6.45, 7) is 2.21. The van der Waals surface area contributed by atoms with E-state index in [1.807, 2.05) is 5.38 Å². The second-order valence-corrected chi connectivity index (χ2v) is 5.58. The van der Waals surface area contributed by atoms with Crippen LogP contribution in [0.25, 0.3) is 11.3 Å². The number of ether oxygens (including phenoxy) is 1. The highest BCUT2D eigenvalue weighted by Crippen LogP contribution is 2.28. The van der Waals surface area contributed by atoms with Crippen LogP contribution in [0.15, 0.2) is 23.6 Å². The molecule has 108 valence electrons. The SMILES string of the molecule is Cl.Fc1ccc(-c2csc(C3COCCN3)n2)cc1Cl. The average molecular weight is 335 g/mol. The summed E-state index contributed by atoms with van der Waals surface area (Å²) in [6, 6.07) is 4.78. The summed E-state index contributed by atoms with van der Waals surface area (Å²) in [6.07, 6.45) is 0. The molecule has 3 rings (SSSR count). The topological polar surface area (TPSA) is 34.1 Å². The molecule has 0 aliphatic carbocycles. The molecule has 7 heteroatoms. The van der Waals surface area contributed by atoms with Crippen molar-refractivity contribution in [2.24, 2.45) is 0 Å². The summed E-state index contributed by atoms with van der Waals surface area (Å²) < 4.78 is 18.6. The third kappa shape index (κ3) is 3.30. The second kappa shape index (κ2) is 6.83. The molecular weight excluding hydrogens is 322 g/mol. The number of thiazole rings is 1. The molecule has 1 N–H and O–H groups in total. The molecule has 3 nitrogen and oxygen atoms in total. The van der Waals surface area contributed by atoms with Crippen molar-refractivity contribution in [1.29, 1.82) is 0 Å². The van der Waals surface area contributed by atoms with Crippen molar-refractivity contribution in [2.45, 2.75) is 6.04 Å². The van der Waals surface area contributed by atoms with Crippen LogP contribution >= 0.6 is 35.3 Å². The van der Waals surface area contributed by atoms with Crippen LogP contribution in [0.4, 0.5) is 4.39 Å². The van der Waals surface area contributed by atoms with Gasteiger partial charge in [-0.1, -0.05) is 11.6 Å². The first-order chi connectivity index (χ1) is 9.24. The van der Waals surface area contributed by atoms with E-state index < -0.39 is 5.82 Å². The second-order valence-electron chi connectivity index (χ2n) is 4.28. The molecule has 1 atom stereocenters. The maximum atomic E-state index is 13.1. The van der Waals surface area contributed by atoms with E-state index >= 15 is 0 Å². The first-order valence-corrected chi connectivity index (χ1v) is 7.22. The van der Waals surface area contributed by atoms with Crippen LogP contribution in [0, 0.1) is 5.82 Å². The fourth-order valence-corrected chi connectivity index (χ4v) is 3.03. The molecule has 1 aliphatic rings. The van der Waals surface area contributed by atoms with Crippen molar-refractivity contribution < 1.29 is 9.13 Å². The van der Waals surface area contributed by atoms with Crippen molar-refractivity contribution in [2.75, 3.05) is 19.8 Å². The van der Waals surface area contributed by atoms with Gasteiger partial charge in [0.05, 0.1) is 30.0 Å². The van der Waals surface area contributed by atoms with Gasteiger partial charge in [0, 0.05) is 17.5 Å². The standard InChI is InChI=1S/C13H12ClFN2OS.ClH/c14-9-5-8(1-2-10(9)15)12-7-19-13(17-12)11-6-18-4-3-16-11;/h1-2,5,7,11,16H,3-4,6H2;1H. The molecule has 0 amide bonds. The summed E-state index contributed by atoms with van der Waals surface area (Å²) in [7, 11) is 0. The van der Waals surface area contributed by atoms with E-state index in [4.69, 9.17) is 16.3 Å². The number of rotatable bonds is 2. The molecule has 2 aromatic rings. The highest BCUT2D eigenvalue weighted by Gasteiger charge is 2.19. The Kier molecular flexibility index (Phi) is 5.35. The highest BCUT2D eigenvalue weighted by molar-refractivity contribution is 7.10. The van der Waals surface area contributed by atoms with Crippen LogP contribution in [0.2, 0.25) is 5.02 Å². The van der Waals surface area contributed by atoms with Crippen LogP contribution in [0.1, 0.15) is 11.0 Å². The number of morpholine rings is 1. The largest absolute Gasteiger partial charge is 0.378 e. The Bertz CT molecular complexity index is 588. The summed E-state index contributed by atoms with van der Waals surface area (Å²) in [5, 5.41) is 6.41. The number of aromatic nitrogens is 1. The van der Waals surface area contributed by atoms with E-state index in [-0.39, 0.29) is 23.5 Å². The molecule has 0 bridgehead atoms. The Labute approximate surface area is 131 Å². The predicted molar refractivity (Wildman–Crippen MR) is 81.3 cm³/mol. The first-order valence-electron chi connectivity index (χ1n) is 5.96. The van der Waals surface area contributed by atoms with Gasteiger partial charge in [0.15, 0.2) is 0 Å². The molecule has 0 radical (unpaired) electrons. The Hall–Kier alpha value is -0.720. The minimum Gasteiger partial charge on any atom is -0.378 e. The van der Waals surface area contributed by atoms with Crippen LogP contribution in [-0.4, -0.2) is 24.7 Å². The van der Waals surface area contributed by atoms with Crippen molar-refractivity contribution in [3.63, 3.8) is 0 Å². The van der Waals surface area contributed by atoms with E-state index in [0.29, 0.717) is 6.61 Å². The lowest BCUT2D eigenvalue weighted by atomic mass is 10.2. The monoisotopic (exact) mass is 334 g/mol. The van der Waals surface area contributed by atoms with Crippen molar-refractivity contribution in [3.05, 3.63) is 39.4 Å². The molecule has 1 saturated heterocycles. The summed E-state index contributed by atoms with van der Waals surface area (Å²) >= 11 is 7.36. The highest BCUT2D eigenvalue weighted by atomic mass is 35.5. The van der Waals surface area contributed by atoms with E-state index in [9.17, 15) is 4.39 Å². The minimum absolute atomic E-state index is 0. The Morgan fingerprint density at radius 1 is 1.45 bits per heavy atom. The molecule has 0 spiro atoms. The maximum Gasteiger partial charge on any atom is 0.141 e. The van der Waals surface area contributed by atoms with E-state index in [1.54, 1.807) is 23.5 Å². The Morgan fingerprint density at radius 2 is 2.30 bits per heavy atom. The average Bonchev–Trinajstić information content (AvgIpc) is 2.93. The van der Waals surface area contributed by atoms with Gasteiger partial charge in [-0.2, -0.15) is 0 Å². The van der Waals surface area contributed by atoms with Crippen LogP contribution < -0.4 is 5.32 Å². The zero-order chi connectivity index (χ0) is 13.2. The number of nitrogens with one attached hydrogen (secondary N) is 1. The van der Waals surface area contributed by atoms with Crippen LogP contribution in [-0.2, 0) is 4.74 Å². The lowest BCUT2D eigenvalue weighted by Crippen LogP contribution is -2.34. The van der Waals surface area contributed by atoms with Crippen LogP contribution in [0.5, 0.6) is 0 Å². The van der Waals surface area contributed by atoms with Gasteiger partial charge in [0.1, 0.15) is 10.8 Å². The molecule has 2 heterocycles. The van der Waals surface area contributed by atoms with E-state index in [1.165, 1.54) is 6.07 Å². The molecule has 20 heavy (non-hydrogen) atoms. The number of nitrogens with zero attached hydrogens (tertiary/aromatic N) is 1. The van der Waals surface area contributed by atoms with Gasteiger partial charge in [-0.25, -0.2) is 9.37 Å². The normalized spacial score (nSPS) is 18.6. The van der Waals surface area contributed by atoms with Crippen molar-refractivity contribution >= 4 is 35.3 Å². The lowest BCUT2D eigenvalue weighted by Gasteiger charge is -2.21. The molecule has 1 fully saturated rings. The Morgan fingerprint density at radius 3 is 3.00 bits per heavy atom. The van der Waals surface area contributed by atoms with Gasteiger partial charge in [-0.05, 0) is 18.2 Å². The molecule has 1 unspecified atom stereocenters. The van der Waals surface area contributed by atoms with Crippen molar-refractivity contribution in [3.8, 4) is 11.3 Å². The van der Waals surface area contributed by atoms with Crippen molar-refractivity contribution in [1.82, 2.24) is 10.3 Å². The third-order valence-corrected chi connectivity index (χ3v) is 4.21. The first kappa shape index (κ1) is 15.7. The van der Waals surface area contributed by atoms with Gasteiger partial charge in [-0.15, -0.1) is 23.7 Å². The maximum absolute atomic E-state index is 13.1. The van der Waals surface area contributed by atoms with Gasteiger partial charge in [0.2, 0.25) is 0 Å². The fraction of sp³-hybridized carbons (Fsp3) is 0.308. The zero-order valence-electron chi connectivity index (χ0n) is 10.4. The fourth-order valence-electron chi connectivity index (χ4n) is 1.96. The number of halogens is 3. The molecule has 1 aromatic heterocycles. The predicted octanol–water partition coefficient (Wildman–Crippen LogP) is 3.69. The number of hydrogen-bond donors (Lipinski definition) is 1. The van der Waals surface area contributed by atoms with E-state index in [0.717, 1.165) is 29.4 Å². The third-order valence-electron chi connectivity index (χ3n) is 2.96. The number of benzene rings is 1. The quantitative estimate of drug-likeness (QED) is 0.909. The smallest absolute Gasteiger partial charge is 0.141 e. The molecular formula is C13H13Cl2FN2OS.